The van der Waals surface area contributed by atoms with Crippen molar-refractivity contribution in [2.24, 2.45) is 0 Å². The highest BCUT2D eigenvalue weighted by Crippen LogP contribution is 2.48. The lowest BCUT2D eigenvalue weighted by molar-refractivity contribution is -0.201. The van der Waals surface area contributed by atoms with Crippen molar-refractivity contribution in [1.82, 2.24) is 15.6 Å². The van der Waals surface area contributed by atoms with Crippen molar-refractivity contribution in [3.63, 3.8) is 0 Å². The number of halogens is 8. The number of nitrogens with zero attached hydrogens (tertiary/aromatic N) is 1. The first-order valence-electron chi connectivity index (χ1n) is 11.8. The number of nitrogens with one attached hydrogen (secondary N) is 2. The fourth-order valence-electron chi connectivity index (χ4n) is 4.19. The maximum absolute atomic E-state index is 14.7. The van der Waals surface area contributed by atoms with Gasteiger partial charge in [-0.1, -0.05) is 24.3 Å². The summed E-state index contributed by atoms with van der Waals surface area (Å²) in [6, 6.07) is 5.89. The van der Waals surface area contributed by atoms with Gasteiger partial charge in [-0.05, 0) is 35.3 Å². The second-order valence-electron chi connectivity index (χ2n) is 9.43. The van der Waals surface area contributed by atoms with Crippen molar-refractivity contribution in [2.45, 2.75) is 43.6 Å². The standard InChI is InChI=1S/C25H23F8N3O4S/c1-41(39,40)13-20(37)35-12-18-17(19-7-4-15(11-34-19)21(26)27)10-23(25(31,32)33,36-22(18)38)16-5-2-14(3-6-16)8-9-24(28,29)30/h2-7,11,21H,8-10,12-13H2,1H3,(H,35,37)(H,36,38)/t23-/m0/s1. The molecule has 0 spiro atoms. The molecule has 2 heterocycles. The van der Waals surface area contributed by atoms with Gasteiger partial charge in [0.25, 0.3) is 6.43 Å². The molecule has 0 aliphatic carbocycles. The summed E-state index contributed by atoms with van der Waals surface area (Å²) in [5, 5.41) is 4.04. The quantitative estimate of drug-likeness (QED) is 0.408. The van der Waals surface area contributed by atoms with Gasteiger partial charge in [-0.2, -0.15) is 26.3 Å². The van der Waals surface area contributed by atoms with Gasteiger partial charge in [0.1, 0.15) is 5.75 Å². The van der Waals surface area contributed by atoms with Gasteiger partial charge in [0.15, 0.2) is 15.4 Å². The molecule has 0 fully saturated rings. The number of aromatic nitrogens is 1. The van der Waals surface area contributed by atoms with Gasteiger partial charge in [0, 0.05) is 43.0 Å². The van der Waals surface area contributed by atoms with Crippen LogP contribution in [0.4, 0.5) is 35.1 Å². The molecular weight excluding hydrogens is 590 g/mol. The Hall–Kier alpha value is -3.56. The number of rotatable bonds is 9. The first-order chi connectivity index (χ1) is 18.8. The van der Waals surface area contributed by atoms with Gasteiger partial charge in [0.2, 0.25) is 11.8 Å². The summed E-state index contributed by atoms with van der Waals surface area (Å²) in [6.07, 6.45) is -13.8. The predicted molar refractivity (Wildman–Crippen MR) is 130 cm³/mol. The predicted octanol–water partition coefficient (Wildman–Crippen LogP) is 4.41. The number of alkyl halides is 8. The first-order valence-corrected chi connectivity index (χ1v) is 13.8. The molecule has 0 saturated heterocycles. The van der Waals surface area contributed by atoms with Crippen LogP contribution in [0, 0.1) is 0 Å². The van der Waals surface area contributed by atoms with E-state index < -0.39 is 94.2 Å². The fraction of sp³-hybridized carbons (Fsp3) is 0.400. The summed E-state index contributed by atoms with van der Waals surface area (Å²) < 4.78 is 131. The van der Waals surface area contributed by atoms with Gasteiger partial charge in [-0.25, -0.2) is 17.2 Å². The maximum Gasteiger partial charge on any atom is 0.416 e. The van der Waals surface area contributed by atoms with E-state index in [1.807, 2.05) is 5.32 Å². The number of pyridine rings is 1. The number of carbonyl (C=O) groups excluding carboxylic acids is 2. The number of amides is 2. The lowest BCUT2D eigenvalue weighted by Crippen LogP contribution is -2.59. The van der Waals surface area contributed by atoms with Gasteiger partial charge in [0.05, 0.1) is 5.69 Å². The van der Waals surface area contributed by atoms with Crippen LogP contribution in [0.2, 0.25) is 0 Å². The second-order valence-corrected chi connectivity index (χ2v) is 11.6. The Bertz CT molecular complexity index is 1420. The molecule has 0 saturated carbocycles. The van der Waals surface area contributed by atoms with Crippen molar-refractivity contribution in [3.8, 4) is 0 Å². The Morgan fingerprint density at radius 3 is 2.20 bits per heavy atom. The number of carbonyl (C=O) groups is 2. The molecule has 7 nitrogen and oxygen atoms in total. The van der Waals surface area contributed by atoms with Crippen LogP contribution in [-0.4, -0.2) is 56.1 Å². The molecule has 2 N–H and O–H groups in total. The van der Waals surface area contributed by atoms with Crippen molar-refractivity contribution in [3.05, 3.63) is 70.6 Å². The van der Waals surface area contributed by atoms with Crippen LogP contribution in [0.1, 0.15) is 41.7 Å². The van der Waals surface area contributed by atoms with E-state index in [4.69, 9.17) is 0 Å². The van der Waals surface area contributed by atoms with E-state index in [2.05, 4.69) is 10.3 Å². The molecule has 1 aliphatic heterocycles. The normalized spacial score (nSPS) is 18.4. The summed E-state index contributed by atoms with van der Waals surface area (Å²) in [5.41, 5.74) is -5.15. The Labute approximate surface area is 228 Å². The van der Waals surface area contributed by atoms with Crippen LogP contribution in [0.3, 0.4) is 0 Å². The molecule has 1 aromatic carbocycles. The molecule has 2 aromatic rings. The number of sulfone groups is 1. The van der Waals surface area contributed by atoms with Crippen molar-refractivity contribution >= 4 is 27.2 Å². The van der Waals surface area contributed by atoms with E-state index in [1.54, 1.807) is 0 Å². The van der Waals surface area contributed by atoms with Crippen LogP contribution in [0.25, 0.3) is 5.57 Å². The van der Waals surface area contributed by atoms with Crippen LogP contribution in [0.5, 0.6) is 0 Å². The monoisotopic (exact) mass is 613 g/mol. The fourth-order valence-corrected chi connectivity index (χ4v) is 4.77. The zero-order chi connectivity index (χ0) is 30.8. The van der Waals surface area contributed by atoms with Crippen LogP contribution in [0.15, 0.2) is 48.2 Å². The van der Waals surface area contributed by atoms with E-state index in [9.17, 15) is 53.1 Å². The Morgan fingerprint density at radius 2 is 1.71 bits per heavy atom. The zero-order valence-electron chi connectivity index (χ0n) is 21.2. The number of benzene rings is 1. The Morgan fingerprint density at radius 1 is 1.07 bits per heavy atom. The minimum atomic E-state index is -5.17. The lowest BCUT2D eigenvalue weighted by Gasteiger charge is -2.41. The summed E-state index contributed by atoms with van der Waals surface area (Å²) in [4.78, 5) is 29.0. The largest absolute Gasteiger partial charge is 0.416 e. The molecule has 1 aliphatic rings. The molecule has 1 aromatic heterocycles. The topological polar surface area (TPSA) is 105 Å². The first kappa shape index (κ1) is 32.0. The van der Waals surface area contributed by atoms with Crippen LogP contribution < -0.4 is 10.6 Å². The SMILES string of the molecule is CS(=O)(=O)CC(=O)NCC1=C(c2ccc(C(F)F)cn2)C[C@](c2ccc(CCC(F)(F)F)cc2)(C(F)(F)F)NC1=O. The molecule has 0 bridgehead atoms. The molecule has 3 rings (SSSR count). The summed E-state index contributed by atoms with van der Waals surface area (Å²) in [5.74, 6) is -3.33. The third kappa shape index (κ3) is 8.01. The average molecular weight is 614 g/mol. The summed E-state index contributed by atoms with van der Waals surface area (Å²) in [6.45, 7) is -0.710. The van der Waals surface area contributed by atoms with Crippen molar-refractivity contribution in [1.29, 1.82) is 0 Å². The van der Waals surface area contributed by atoms with E-state index >= 15 is 0 Å². The van der Waals surface area contributed by atoms with Crippen LogP contribution >= 0.6 is 0 Å². The second kappa shape index (κ2) is 11.7. The molecule has 224 valence electrons. The Kier molecular flexibility index (Phi) is 9.15. The van der Waals surface area contributed by atoms with E-state index in [0.717, 1.165) is 42.7 Å². The van der Waals surface area contributed by atoms with Crippen molar-refractivity contribution in [2.75, 3.05) is 18.6 Å². The minimum absolute atomic E-state index is 0.0971. The number of hydrogen-bond acceptors (Lipinski definition) is 5. The third-order valence-electron chi connectivity index (χ3n) is 6.24. The number of hydrogen-bond donors (Lipinski definition) is 2. The molecule has 2 amide bonds. The highest BCUT2D eigenvalue weighted by Gasteiger charge is 2.59. The van der Waals surface area contributed by atoms with Crippen LogP contribution in [-0.2, 0) is 31.4 Å². The van der Waals surface area contributed by atoms with E-state index in [0.29, 0.717) is 6.20 Å². The smallest absolute Gasteiger partial charge is 0.351 e. The van der Waals surface area contributed by atoms with Gasteiger partial charge >= 0.3 is 12.4 Å². The average Bonchev–Trinajstić information content (AvgIpc) is 2.84. The molecule has 41 heavy (non-hydrogen) atoms. The molecule has 1 atom stereocenters. The highest BCUT2D eigenvalue weighted by atomic mass is 32.2. The summed E-state index contributed by atoms with van der Waals surface area (Å²) in [7, 11) is -3.78. The maximum atomic E-state index is 14.7. The lowest BCUT2D eigenvalue weighted by atomic mass is 9.77. The van der Waals surface area contributed by atoms with E-state index in [-0.39, 0.29) is 16.8 Å². The minimum Gasteiger partial charge on any atom is -0.351 e. The van der Waals surface area contributed by atoms with Gasteiger partial charge in [-0.15, -0.1) is 0 Å². The van der Waals surface area contributed by atoms with Gasteiger partial charge < -0.3 is 10.6 Å². The highest BCUT2D eigenvalue weighted by molar-refractivity contribution is 7.91. The third-order valence-corrected chi connectivity index (χ3v) is 7.02. The zero-order valence-corrected chi connectivity index (χ0v) is 22.0. The molecule has 0 radical (unpaired) electrons. The molecule has 0 unspecified atom stereocenters. The Balaban J connectivity index is 2.08. The van der Waals surface area contributed by atoms with Gasteiger partial charge in [-0.3, -0.25) is 14.6 Å². The molecule has 16 heteroatoms. The number of aryl methyl sites for hydroxylation is 1. The van der Waals surface area contributed by atoms with Crippen molar-refractivity contribution < 1.29 is 53.1 Å². The molecular formula is C25H23F8N3O4S. The summed E-state index contributed by atoms with van der Waals surface area (Å²) >= 11 is 0. The van der Waals surface area contributed by atoms with E-state index in [1.165, 1.54) is 0 Å².